The Balaban J connectivity index is 1.58. The lowest BCUT2D eigenvalue weighted by Crippen LogP contribution is -2.39. The van der Waals surface area contributed by atoms with Crippen molar-refractivity contribution in [3.05, 3.63) is 70.7 Å². The quantitative estimate of drug-likeness (QED) is 0.313. The van der Waals surface area contributed by atoms with E-state index >= 15 is 0 Å². The van der Waals surface area contributed by atoms with E-state index < -0.39 is 23.9 Å². The summed E-state index contributed by atoms with van der Waals surface area (Å²) in [6.07, 6.45) is 3.02. The Bertz CT molecular complexity index is 1170. The van der Waals surface area contributed by atoms with Crippen LogP contribution in [0.15, 0.2) is 63.6 Å². The Hall–Kier alpha value is -3.04. The van der Waals surface area contributed by atoms with Crippen molar-refractivity contribution >= 4 is 23.6 Å². The van der Waals surface area contributed by atoms with Gasteiger partial charge in [0.2, 0.25) is 11.8 Å². The first-order chi connectivity index (χ1) is 17.9. The molecule has 2 aliphatic rings. The van der Waals surface area contributed by atoms with Crippen molar-refractivity contribution < 1.29 is 34.1 Å². The fourth-order valence-electron chi connectivity index (χ4n) is 5.68. The van der Waals surface area contributed by atoms with E-state index in [0.717, 1.165) is 17.6 Å². The molecule has 37 heavy (non-hydrogen) atoms. The largest absolute Gasteiger partial charge is 0.459 e. The summed E-state index contributed by atoms with van der Waals surface area (Å²) in [4.78, 5) is 28.1. The summed E-state index contributed by atoms with van der Waals surface area (Å²) in [6.45, 7) is 1.71. The second-order valence-electron chi connectivity index (χ2n) is 9.64. The van der Waals surface area contributed by atoms with Crippen molar-refractivity contribution in [3.8, 4) is 0 Å². The van der Waals surface area contributed by atoms with E-state index in [-0.39, 0.29) is 31.6 Å². The van der Waals surface area contributed by atoms with E-state index in [4.69, 9.17) is 9.15 Å². The van der Waals surface area contributed by atoms with Gasteiger partial charge in [-0.25, -0.2) is 0 Å². The average molecular weight is 510 g/mol. The lowest BCUT2D eigenvalue weighted by atomic mass is 9.68. The number of aliphatic hydroxyl groups is 3. The fourth-order valence-corrected chi connectivity index (χ4v) is 5.68. The summed E-state index contributed by atoms with van der Waals surface area (Å²) < 4.78 is 11.0. The minimum atomic E-state index is -0.906. The topological polar surface area (TPSA) is 120 Å². The summed E-state index contributed by atoms with van der Waals surface area (Å²) in [5, 5.41) is 31.0. The van der Waals surface area contributed by atoms with Gasteiger partial charge < -0.3 is 24.5 Å². The molecule has 198 valence electrons. The summed E-state index contributed by atoms with van der Waals surface area (Å²) in [5.41, 5.74) is 2.95. The van der Waals surface area contributed by atoms with Gasteiger partial charge in [0.1, 0.15) is 18.1 Å². The molecule has 8 heteroatoms. The molecular formula is C29H35NO7. The number of amides is 2. The second kappa shape index (κ2) is 12.0. The molecule has 1 fully saturated rings. The number of furan rings is 1. The summed E-state index contributed by atoms with van der Waals surface area (Å²) in [5.74, 6) is -1.50. The predicted molar refractivity (Wildman–Crippen MR) is 138 cm³/mol. The van der Waals surface area contributed by atoms with Crippen LogP contribution in [0.5, 0.6) is 0 Å². The second-order valence-corrected chi connectivity index (χ2v) is 9.64. The van der Waals surface area contributed by atoms with Crippen LogP contribution in [0, 0.1) is 17.8 Å². The van der Waals surface area contributed by atoms with Gasteiger partial charge in [-0.2, -0.15) is 0 Å². The normalized spacial score (nSPS) is 23.1. The molecule has 0 spiro atoms. The molecule has 1 saturated heterocycles. The van der Waals surface area contributed by atoms with Crippen LogP contribution in [0.4, 0.5) is 5.69 Å². The highest BCUT2D eigenvalue weighted by atomic mass is 16.5. The molecule has 2 amide bonds. The highest BCUT2D eigenvalue weighted by molar-refractivity contribution is 6.22. The third-order valence-electron chi connectivity index (χ3n) is 7.45. The molecular weight excluding hydrogens is 474 g/mol. The standard InChI is InChI=1S/C29H35NO7/c1-3-18(13-21-10-11-22(15-31)37-21)9-12-25(33)26-19(17-36-2)14-23-27(24(26)16-32)29(35)30(28(23)34)20-7-5-4-6-8-20/h4-8,10-11,13,23-25,27,31-33H,3,9,12,14-17H2,1-2H3/b18-13+/t23-,24+,25-,27-/m1/s1. The average Bonchev–Trinajstić information content (AvgIpc) is 3.47. The minimum absolute atomic E-state index is 0.169. The van der Waals surface area contributed by atoms with Gasteiger partial charge in [-0.3, -0.25) is 14.5 Å². The number of aliphatic hydroxyl groups excluding tert-OH is 3. The van der Waals surface area contributed by atoms with Crippen molar-refractivity contribution in [2.24, 2.45) is 17.8 Å². The minimum Gasteiger partial charge on any atom is -0.459 e. The molecule has 2 heterocycles. The zero-order valence-corrected chi connectivity index (χ0v) is 21.3. The maximum absolute atomic E-state index is 13.5. The van der Waals surface area contributed by atoms with Crippen molar-refractivity contribution in [3.63, 3.8) is 0 Å². The Morgan fingerprint density at radius 1 is 1.16 bits per heavy atom. The molecule has 1 aliphatic heterocycles. The number of allylic oxidation sites excluding steroid dienone is 1. The molecule has 3 N–H and O–H groups in total. The van der Waals surface area contributed by atoms with E-state index in [2.05, 4.69) is 0 Å². The van der Waals surface area contributed by atoms with Gasteiger partial charge >= 0.3 is 0 Å². The van der Waals surface area contributed by atoms with Gasteiger partial charge in [0, 0.05) is 13.0 Å². The fraction of sp³-hybridized carbons (Fsp3) is 0.448. The molecule has 0 bridgehead atoms. The maximum Gasteiger partial charge on any atom is 0.238 e. The molecule has 4 rings (SSSR count). The van der Waals surface area contributed by atoms with Crippen molar-refractivity contribution in [1.29, 1.82) is 0 Å². The Morgan fingerprint density at radius 2 is 1.92 bits per heavy atom. The molecule has 4 atom stereocenters. The van der Waals surface area contributed by atoms with Crippen LogP contribution >= 0.6 is 0 Å². The van der Waals surface area contributed by atoms with Gasteiger partial charge in [-0.1, -0.05) is 30.7 Å². The van der Waals surface area contributed by atoms with Crippen molar-refractivity contribution in [1.82, 2.24) is 0 Å². The number of benzene rings is 1. The number of imide groups is 1. The van der Waals surface area contributed by atoms with Crippen LogP contribution in [0.1, 0.15) is 44.1 Å². The molecule has 1 aliphatic carbocycles. The Morgan fingerprint density at radius 3 is 2.54 bits per heavy atom. The number of nitrogens with zero attached hydrogens (tertiary/aromatic N) is 1. The van der Waals surface area contributed by atoms with E-state index in [1.807, 2.05) is 19.1 Å². The van der Waals surface area contributed by atoms with Gasteiger partial charge in [0.15, 0.2) is 0 Å². The number of anilines is 1. The number of para-hydroxylation sites is 1. The van der Waals surface area contributed by atoms with Crippen LogP contribution in [0.25, 0.3) is 6.08 Å². The van der Waals surface area contributed by atoms with Crippen LogP contribution in [-0.2, 0) is 20.9 Å². The summed E-state index contributed by atoms with van der Waals surface area (Å²) in [6, 6.07) is 12.3. The number of ether oxygens (including phenoxy) is 1. The number of hydrogen-bond acceptors (Lipinski definition) is 7. The van der Waals surface area contributed by atoms with Gasteiger partial charge in [0.25, 0.3) is 0 Å². The lowest BCUT2D eigenvalue weighted by molar-refractivity contribution is -0.123. The highest BCUT2D eigenvalue weighted by Crippen LogP contribution is 2.47. The Kier molecular flexibility index (Phi) is 8.76. The molecule has 1 aromatic carbocycles. The number of hydrogen-bond donors (Lipinski definition) is 3. The molecule has 2 aromatic rings. The van der Waals surface area contributed by atoms with E-state index in [9.17, 15) is 24.9 Å². The lowest BCUT2D eigenvalue weighted by Gasteiger charge is -2.36. The van der Waals surface area contributed by atoms with E-state index in [1.54, 1.807) is 43.5 Å². The monoisotopic (exact) mass is 509 g/mol. The first-order valence-electron chi connectivity index (χ1n) is 12.7. The summed E-state index contributed by atoms with van der Waals surface area (Å²) in [7, 11) is 1.55. The molecule has 8 nitrogen and oxygen atoms in total. The zero-order valence-electron chi connectivity index (χ0n) is 21.3. The first kappa shape index (κ1) is 27.0. The summed E-state index contributed by atoms with van der Waals surface area (Å²) >= 11 is 0. The molecule has 0 saturated carbocycles. The number of rotatable bonds is 11. The van der Waals surface area contributed by atoms with Crippen LogP contribution < -0.4 is 4.90 Å². The zero-order chi connectivity index (χ0) is 26.5. The smallest absolute Gasteiger partial charge is 0.238 e. The van der Waals surface area contributed by atoms with Crippen LogP contribution in [0.2, 0.25) is 0 Å². The number of carbonyl (C=O) groups excluding carboxylic acids is 2. The maximum atomic E-state index is 13.5. The van der Waals surface area contributed by atoms with Gasteiger partial charge in [-0.15, -0.1) is 0 Å². The van der Waals surface area contributed by atoms with Crippen LogP contribution in [-0.4, -0.2) is 53.6 Å². The first-order valence-corrected chi connectivity index (χ1v) is 12.7. The Labute approximate surface area is 216 Å². The number of fused-ring (bicyclic) bond motifs is 1. The van der Waals surface area contributed by atoms with Crippen molar-refractivity contribution in [2.45, 2.75) is 45.3 Å². The number of methoxy groups -OCH3 is 1. The van der Waals surface area contributed by atoms with E-state index in [0.29, 0.717) is 42.0 Å². The highest BCUT2D eigenvalue weighted by Gasteiger charge is 2.55. The van der Waals surface area contributed by atoms with Gasteiger partial charge in [0.05, 0.1) is 36.8 Å². The van der Waals surface area contributed by atoms with Gasteiger partial charge in [-0.05, 0) is 67.2 Å². The van der Waals surface area contributed by atoms with Crippen molar-refractivity contribution in [2.75, 3.05) is 25.2 Å². The van der Waals surface area contributed by atoms with E-state index in [1.165, 1.54) is 4.90 Å². The molecule has 1 aromatic heterocycles. The molecule has 0 radical (unpaired) electrons. The third kappa shape index (κ3) is 5.48. The molecule has 0 unspecified atom stereocenters. The predicted octanol–water partition coefficient (Wildman–Crippen LogP) is 3.47. The number of carbonyl (C=O) groups is 2. The third-order valence-corrected chi connectivity index (χ3v) is 7.45. The van der Waals surface area contributed by atoms with Crippen LogP contribution in [0.3, 0.4) is 0 Å². The SMILES string of the molecule is CC/C(=C\c1ccc(CO)o1)CC[C@@H](O)C1=C(COC)C[C@H]2C(=O)N(c3ccccc3)C(=O)[C@H]2[C@H]1CO.